The lowest BCUT2D eigenvalue weighted by Crippen LogP contribution is -2.28. The van der Waals surface area contributed by atoms with Crippen LogP contribution < -0.4 is 4.74 Å². The first-order valence-electron chi connectivity index (χ1n) is 9.42. The van der Waals surface area contributed by atoms with E-state index in [0.717, 1.165) is 17.1 Å². The first-order chi connectivity index (χ1) is 14.9. The molecule has 31 heavy (non-hydrogen) atoms. The zero-order valence-corrected chi connectivity index (χ0v) is 16.5. The molecule has 1 aromatic heterocycles. The van der Waals surface area contributed by atoms with Crippen molar-refractivity contribution in [3.63, 3.8) is 0 Å². The summed E-state index contributed by atoms with van der Waals surface area (Å²) in [5.41, 5.74) is 0.273. The van der Waals surface area contributed by atoms with E-state index in [1.54, 1.807) is 0 Å². The summed E-state index contributed by atoms with van der Waals surface area (Å²) in [4.78, 5) is 20.5. The summed E-state index contributed by atoms with van der Waals surface area (Å²) in [6.07, 6.45) is 5.20. The minimum absolute atomic E-state index is 0.179. The average Bonchev–Trinajstić information content (AvgIpc) is 3.26. The van der Waals surface area contributed by atoms with E-state index in [1.807, 2.05) is 6.07 Å². The van der Waals surface area contributed by atoms with E-state index >= 15 is 0 Å². The maximum Gasteiger partial charge on any atom is 0.269 e. The molecule has 0 radical (unpaired) electrons. The van der Waals surface area contributed by atoms with Crippen LogP contribution in [-0.2, 0) is 11.4 Å². The van der Waals surface area contributed by atoms with Gasteiger partial charge in [0.1, 0.15) is 17.7 Å². The smallest absolute Gasteiger partial charge is 0.269 e. The second-order valence-electron chi connectivity index (χ2n) is 6.73. The Morgan fingerprint density at radius 2 is 2.06 bits per heavy atom. The number of carbonyl (C=O) groups excluding carboxylic acids is 1. The molecule has 1 atom stereocenters. The number of benzene rings is 1. The summed E-state index contributed by atoms with van der Waals surface area (Å²) in [5, 5.41) is 22.9. The number of amides is 1. The van der Waals surface area contributed by atoms with Crippen molar-refractivity contribution in [1.82, 2.24) is 15.0 Å². The maximum absolute atomic E-state index is 14.0. The lowest BCUT2D eigenvalue weighted by atomic mass is 10.0. The molecular formula is C21H19F2N5O3. The van der Waals surface area contributed by atoms with Crippen LogP contribution in [0.25, 0.3) is 0 Å². The Labute approximate surface area is 177 Å². The molecule has 160 valence electrons. The summed E-state index contributed by atoms with van der Waals surface area (Å²) >= 11 is 0. The van der Waals surface area contributed by atoms with Crippen molar-refractivity contribution in [3.8, 4) is 11.9 Å². The van der Waals surface area contributed by atoms with Crippen LogP contribution in [0.2, 0.25) is 0 Å². The summed E-state index contributed by atoms with van der Waals surface area (Å²) in [5.74, 6) is -1.95. The minimum atomic E-state index is -0.876. The second-order valence-corrected chi connectivity index (χ2v) is 6.73. The molecule has 8 nitrogen and oxygen atoms in total. The van der Waals surface area contributed by atoms with E-state index in [9.17, 15) is 13.6 Å². The Morgan fingerprint density at radius 3 is 2.68 bits per heavy atom. The first-order valence-corrected chi connectivity index (χ1v) is 9.42. The molecule has 1 aromatic carbocycles. The van der Waals surface area contributed by atoms with Crippen molar-refractivity contribution in [2.24, 2.45) is 5.10 Å². The van der Waals surface area contributed by atoms with E-state index in [-0.39, 0.29) is 29.3 Å². The van der Waals surface area contributed by atoms with Gasteiger partial charge in [0.25, 0.3) is 5.91 Å². The number of nitriles is 1. The maximum atomic E-state index is 14.0. The third kappa shape index (κ3) is 5.07. The van der Waals surface area contributed by atoms with Gasteiger partial charge in [-0.15, -0.1) is 0 Å². The van der Waals surface area contributed by atoms with E-state index in [2.05, 4.69) is 21.6 Å². The fraction of sp³-hybridized carbons (Fsp3) is 0.286. The van der Waals surface area contributed by atoms with Gasteiger partial charge < -0.3 is 9.84 Å². The second kappa shape index (κ2) is 9.86. The molecule has 2 heterocycles. The number of rotatable bonds is 8. The predicted octanol–water partition coefficient (Wildman–Crippen LogP) is 2.79. The highest BCUT2D eigenvalue weighted by Crippen LogP contribution is 2.31. The van der Waals surface area contributed by atoms with Crippen molar-refractivity contribution in [1.29, 1.82) is 5.26 Å². The quantitative estimate of drug-likeness (QED) is 0.512. The van der Waals surface area contributed by atoms with Crippen LogP contribution in [0.3, 0.4) is 0 Å². The molecule has 0 saturated heterocycles. The topological polar surface area (TPSA) is 112 Å². The Morgan fingerprint density at radius 1 is 1.32 bits per heavy atom. The van der Waals surface area contributed by atoms with Crippen molar-refractivity contribution >= 4 is 12.1 Å². The molecule has 3 rings (SSSR count). The fourth-order valence-corrected chi connectivity index (χ4v) is 3.03. The van der Waals surface area contributed by atoms with Crippen LogP contribution in [-0.4, -0.2) is 38.8 Å². The SMILES string of the molecule is C=C(CCCOc1cnc(C#N)cn1)C(=O)N1N=CCC1c1cc(F)c(CO)c(F)c1. The number of halogens is 2. The molecule has 0 bridgehead atoms. The molecule has 1 amide bonds. The zero-order valence-electron chi connectivity index (χ0n) is 16.5. The van der Waals surface area contributed by atoms with Gasteiger partial charge in [-0.3, -0.25) is 4.79 Å². The van der Waals surface area contributed by atoms with Gasteiger partial charge >= 0.3 is 0 Å². The van der Waals surface area contributed by atoms with Gasteiger partial charge in [0, 0.05) is 23.8 Å². The van der Waals surface area contributed by atoms with Crippen LogP contribution in [0, 0.1) is 23.0 Å². The van der Waals surface area contributed by atoms with Crippen molar-refractivity contribution in [2.45, 2.75) is 31.9 Å². The van der Waals surface area contributed by atoms with E-state index in [4.69, 9.17) is 15.1 Å². The number of hydrogen-bond acceptors (Lipinski definition) is 7. The summed E-state index contributed by atoms with van der Waals surface area (Å²) in [6.45, 7) is 3.28. The number of ether oxygens (including phenoxy) is 1. The van der Waals surface area contributed by atoms with Gasteiger partial charge in [0.15, 0.2) is 5.69 Å². The molecule has 0 spiro atoms. The van der Waals surface area contributed by atoms with Gasteiger partial charge in [0.05, 0.1) is 31.6 Å². The highest BCUT2D eigenvalue weighted by molar-refractivity contribution is 5.94. The number of carbonyl (C=O) groups is 1. The Hall–Kier alpha value is -3.71. The molecule has 0 aliphatic carbocycles. The Balaban J connectivity index is 1.56. The van der Waals surface area contributed by atoms with Gasteiger partial charge in [-0.2, -0.15) is 10.4 Å². The lowest BCUT2D eigenvalue weighted by Gasteiger charge is -2.23. The molecule has 10 heteroatoms. The summed E-state index contributed by atoms with van der Waals surface area (Å²) < 4.78 is 33.5. The monoisotopic (exact) mass is 427 g/mol. The summed E-state index contributed by atoms with van der Waals surface area (Å²) in [6, 6.07) is 3.40. The van der Waals surface area contributed by atoms with Gasteiger partial charge in [-0.25, -0.2) is 23.8 Å². The number of nitrogens with zero attached hydrogens (tertiary/aromatic N) is 5. The normalized spacial score (nSPS) is 15.0. The Kier molecular flexibility index (Phi) is 6.99. The third-order valence-corrected chi connectivity index (χ3v) is 4.66. The van der Waals surface area contributed by atoms with E-state index in [0.29, 0.717) is 19.3 Å². The fourth-order valence-electron chi connectivity index (χ4n) is 3.03. The largest absolute Gasteiger partial charge is 0.477 e. The van der Waals surface area contributed by atoms with Crippen LogP contribution in [0.1, 0.15) is 42.1 Å². The molecule has 1 aliphatic rings. The molecule has 1 aliphatic heterocycles. The number of hydrazone groups is 1. The zero-order chi connectivity index (χ0) is 22.4. The van der Waals surface area contributed by atoms with Crippen molar-refractivity contribution in [2.75, 3.05) is 6.61 Å². The number of hydrogen-bond donors (Lipinski definition) is 1. The lowest BCUT2D eigenvalue weighted by molar-refractivity contribution is -0.129. The highest BCUT2D eigenvalue weighted by Gasteiger charge is 2.30. The van der Waals surface area contributed by atoms with Crippen molar-refractivity contribution in [3.05, 3.63) is 65.1 Å². The van der Waals surface area contributed by atoms with Crippen LogP contribution in [0.4, 0.5) is 8.78 Å². The first kappa shape index (κ1) is 22.0. The third-order valence-electron chi connectivity index (χ3n) is 4.66. The average molecular weight is 427 g/mol. The number of aliphatic hydroxyl groups excluding tert-OH is 1. The predicted molar refractivity (Wildman–Crippen MR) is 106 cm³/mol. The van der Waals surface area contributed by atoms with E-state index < -0.39 is 35.8 Å². The highest BCUT2D eigenvalue weighted by atomic mass is 19.1. The van der Waals surface area contributed by atoms with Gasteiger partial charge in [-0.05, 0) is 30.5 Å². The van der Waals surface area contributed by atoms with Gasteiger partial charge in [0.2, 0.25) is 5.88 Å². The van der Waals surface area contributed by atoms with Crippen LogP contribution in [0.15, 0.2) is 41.8 Å². The molecular weight excluding hydrogens is 408 g/mol. The van der Waals surface area contributed by atoms with Crippen LogP contribution in [0.5, 0.6) is 5.88 Å². The Bertz CT molecular complexity index is 1030. The van der Waals surface area contributed by atoms with Crippen molar-refractivity contribution < 1.29 is 23.4 Å². The standard InChI is InChI=1S/C21H19F2N5O3/c1-13(3-2-6-31-20-11-25-15(9-24)10-26-20)21(30)28-19(4-5-27-28)14-7-17(22)16(12-29)18(23)8-14/h5,7-8,10-11,19,29H,1-4,6,12H2. The number of aliphatic hydroxyl groups is 1. The molecule has 0 fully saturated rings. The molecule has 2 aromatic rings. The molecule has 1 unspecified atom stereocenters. The molecule has 0 saturated carbocycles. The number of aromatic nitrogens is 2. The van der Waals surface area contributed by atoms with Crippen LogP contribution >= 0.6 is 0 Å². The van der Waals surface area contributed by atoms with E-state index in [1.165, 1.54) is 18.6 Å². The van der Waals surface area contributed by atoms with Gasteiger partial charge in [-0.1, -0.05) is 6.58 Å². The summed E-state index contributed by atoms with van der Waals surface area (Å²) in [7, 11) is 0. The minimum Gasteiger partial charge on any atom is -0.477 e. The molecule has 1 N–H and O–H groups in total.